The number of halogens is 1. The van der Waals surface area contributed by atoms with Crippen LogP contribution in [0.5, 0.6) is 17.2 Å². The molecule has 8 nitrogen and oxygen atoms in total. The molecule has 2 atom stereocenters. The third-order valence-electron chi connectivity index (χ3n) is 6.25. The van der Waals surface area contributed by atoms with Gasteiger partial charge in [0.2, 0.25) is 0 Å². The summed E-state index contributed by atoms with van der Waals surface area (Å²) >= 11 is 0. The van der Waals surface area contributed by atoms with Crippen LogP contribution in [0.1, 0.15) is 69.2 Å². The van der Waals surface area contributed by atoms with E-state index in [4.69, 9.17) is 9.47 Å². The maximum Gasteiger partial charge on any atom is 0.306 e. The molecule has 1 aromatic heterocycles. The number of benzene rings is 2. The van der Waals surface area contributed by atoms with Crippen LogP contribution in [-0.4, -0.2) is 39.2 Å². The van der Waals surface area contributed by atoms with Crippen LogP contribution >= 0.6 is 0 Å². The molecule has 3 N–H and O–H groups in total. The molecular weight excluding hydrogens is 457 g/mol. The molecule has 0 radical (unpaired) electrons. The summed E-state index contributed by atoms with van der Waals surface area (Å²) in [7, 11) is 1.17. The molecule has 3 aromatic rings. The summed E-state index contributed by atoms with van der Waals surface area (Å²) in [5.74, 6) is -4.28. The fraction of sp³-hybridized carbons (Fsp3) is 0.269. The van der Waals surface area contributed by atoms with Crippen LogP contribution in [0.15, 0.2) is 36.5 Å². The largest absolute Gasteiger partial charge is 0.507 e. The van der Waals surface area contributed by atoms with Crippen molar-refractivity contribution >= 4 is 11.8 Å². The van der Waals surface area contributed by atoms with E-state index in [0.717, 1.165) is 0 Å². The first-order valence-corrected chi connectivity index (χ1v) is 10.9. The van der Waals surface area contributed by atoms with Crippen LogP contribution in [-0.2, 0) is 20.9 Å². The van der Waals surface area contributed by atoms with E-state index in [1.54, 1.807) is 19.2 Å². The lowest BCUT2D eigenvalue weighted by Gasteiger charge is -2.24. The third-order valence-corrected chi connectivity index (χ3v) is 6.25. The van der Waals surface area contributed by atoms with Crippen molar-refractivity contribution < 1.29 is 38.8 Å². The van der Waals surface area contributed by atoms with Crippen molar-refractivity contribution in [3.8, 4) is 17.2 Å². The van der Waals surface area contributed by atoms with Crippen molar-refractivity contribution in [2.45, 2.75) is 38.9 Å². The number of aryl methyl sites for hydroxylation is 1. The number of hydrogen-bond acceptors (Lipinski definition) is 8. The number of aromatic nitrogens is 1. The fourth-order valence-electron chi connectivity index (χ4n) is 4.44. The predicted octanol–water partition coefficient (Wildman–Crippen LogP) is 4.16. The van der Waals surface area contributed by atoms with Gasteiger partial charge in [0.15, 0.2) is 5.78 Å². The zero-order chi connectivity index (χ0) is 25.4. The van der Waals surface area contributed by atoms with Gasteiger partial charge in [-0.3, -0.25) is 14.6 Å². The lowest BCUT2D eigenvalue weighted by Crippen LogP contribution is -2.14. The molecule has 1 aliphatic heterocycles. The van der Waals surface area contributed by atoms with E-state index in [0.29, 0.717) is 16.8 Å². The molecule has 0 spiro atoms. The van der Waals surface area contributed by atoms with Crippen molar-refractivity contribution in [2.75, 3.05) is 7.11 Å². The standard InChI is InChI=1S/C26H24FNO7/c1-12-23(31)21-14(10-28-12)11-35-26(21)18-8-16(13(2)29)24(32)22(25(18)33)17(9-20(30)34-3)15-6-4-5-7-19(15)27/h4-8,10,17,26,31-33H,9,11H2,1-3H3/t17-,26-/m1/s1. The molecule has 0 fully saturated rings. The molecule has 182 valence electrons. The average molecular weight is 481 g/mol. The molecule has 0 saturated heterocycles. The Balaban J connectivity index is 2.00. The number of methoxy groups -OCH3 is 1. The zero-order valence-electron chi connectivity index (χ0n) is 19.3. The van der Waals surface area contributed by atoms with Gasteiger partial charge in [-0.15, -0.1) is 0 Å². The van der Waals surface area contributed by atoms with Gasteiger partial charge in [-0.25, -0.2) is 4.39 Å². The van der Waals surface area contributed by atoms with Gasteiger partial charge in [0.05, 0.1) is 31.4 Å². The number of rotatable bonds is 6. The second kappa shape index (κ2) is 9.34. The summed E-state index contributed by atoms with van der Waals surface area (Å²) in [4.78, 5) is 28.8. The number of ether oxygens (including phenoxy) is 2. The monoisotopic (exact) mass is 481 g/mol. The Morgan fingerprint density at radius 2 is 1.91 bits per heavy atom. The number of hydrogen-bond donors (Lipinski definition) is 3. The first-order chi connectivity index (χ1) is 16.6. The summed E-state index contributed by atoms with van der Waals surface area (Å²) in [6.45, 7) is 2.93. The highest BCUT2D eigenvalue weighted by atomic mass is 19.1. The number of nitrogens with zero attached hydrogens (tertiary/aromatic N) is 1. The molecule has 2 aromatic carbocycles. The number of fused-ring (bicyclic) bond motifs is 1. The van der Waals surface area contributed by atoms with Crippen LogP contribution in [0.3, 0.4) is 0 Å². The van der Waals surface area contributed by atoms with Gasteiger partial charge < -0.3 is 24.8 Å². The number of carbonyl (C=O) groups excluding carboxylic acids is 2. The highest BCUT2D eigenvalue weighted by molar-refractivity contribution is 5.98. The topological polar surface area (TPSA) is 126 Å². The van der Waals surface area contributed by atoms with Crippen LogP contribution in [0.25, 0.3) is 0 Å². The van der Waals surface area contributed by atoms with Gasteiger partial charge in [-0.2, -0.15) is 0 Å². The van der Waals surface area contributed by atoms with E-state index in [1.807, 2.05) is 0 Å². The number of ketones is 1. The molecular formula is C26H24FNO7. The van der Waals surface area contributed by atoms with E-state index in [2.05, 4.69) is 4.98 Å². The van der Waals surface area contributed by atoms with Crippen molar-refractivity contribution in [3.05, 3.63) is 81.4 Å². The lowest BCUT2D eigenvalue weighted by molar-refractivity contribution is -0.140. The SMILES string of the molecule is COC(=O)C[C@H](c1ccccc1F)c1c(O)c(C(C)=O)cc([C@H]2OCc3cnc(C)c(O)c32)c1O. The van der Waals surface area contributed by atoms with E-state index >= 15 is 0 Å². The van der Waals surface area contributed by atoms with Crippen molar-refractivity contribution in [1.82, 2.24) is 4.98 Å². The quantitative estimate of drug-likeness (QED) is 0.354. The Morgan fingerprint density at radius 3 is 2.57 bits per heavy atom. The fourth-order valence-corrected chi connectivity index (χ4v) is 4.44. The Labute approximate surface area is 200 Å². The number of pyridine rings is 1. The van der Waals surface area contributed by atoms with Gasteiger partial charge in [-0.05, 0) is 31.5 Å². The van der Waals surface area contributed by atoms with Gasteiger partial charge in [0, 0.05) is 34.4 Å². The minimum absolute atomic E-state index is 0.0192. The minimum Gasteiger partial charge on any atom is -0.507 e. The van der Waals surface area contributed by atoms with Gasteiger partial charge in [-0.1, -0.05) is 18.2 Å². The highest BCUT2D eigenvalue weighted by Crippen LogP contribution is 2.50. The second-order valence-corrected chi connectivity index (χ2v) is 8.36. The molecule has 1 aliphatic rings. The summed E-state index contributed by atoms with van der Waals surface area (Å²) in [6.07, 6.45) is 0.132. The summed E-state index contributed by atoms with van der Waals surface area (Å²) in [5.41, 5.74) is 1.04. The van der Waals surface area contributed by atoms with Crippen LogP contribution in [0.4, 0.5) is 4.39 Å². The lowest BCUT2D eigenvalue weighted by atomic mass is 9.82. The molecule has 0 amide bonds. The van der Waals surface area contributed by atoms with Gasteiger partial charge in [0.1, 0.15) is 29.2 Å². The van der Waals surface area contributed by atoms with Gasteiger partial charge >= 0.3 is 5.97 Å². The van der Waals surface area contributed by atoms with Crippen LogP contribution in [0.2, 0.25) is 0 Å². The molecule has 35 heavy (non-hydrogen) atoms. The highest BCUT2D eigenvalue weighted by Gasteiger charge is 2.36. The third kappa shape index (κ3) is 4.19. The smallest absolute Gasteiger partial charge is 0.306 e. The first-order valence-electron chi connectivity index (χ1n) is 10.9. The molecule has 0 aliphatic carbocycles. The Morgan fingerprint density at radius 1 is 1.20 bits per heavy atom. The minimum atomic E-state index is -1.18. The molecule has 0 bridgehead atoms. The zero-order valence-corrected chi connectivity index (χ0v) is 19.3. The number of carbonyl (C=O) groups is 2. The molecule has 4 rings (SSSR count). The Kier molecular flexibility index (Phi) is 6.45. The van der Waals surface area contributed by atoms with Crippen LogP contribution in [0, 0.1) is 12.7 Å². The molecule has 0 saturated carbocycles. The maximum atomic E-state index is 14.9. The Hall–Kier alpha value is -3.98. The van der Waals surface area contributed by atoms with Crippen molar-refractivity contribution in [3.63, 3.8) is 0 Å². The van der Waals surface area contributed by atoms with E-state index in [-0.39, 0.29) is 34.6 Å². The summed E-state index contributed by atoms with van der Waals surface area (Å²) in [6, 6.07) is 6.91. The normalized spacial score (nSPS) is 15.5. The van der Waals surface area contributed by atoms with E-state index in [9.17, 15) is 29.3 Å². The predicted molar refractivity (Wildman–Crippen MR) is 122 cm³/mol. The second-order valence-electron chi connectivity index (χ2n) is 8.36. The number of phenolic OH excluding ortho intramolecular Hbond substituents is 2. The summed E-state index contributed by atoms with van der Waals surface area (Å²) < 4.78 is 25.5. The van der Waals surface area contributed by atoms with E-state index in [1.165, 1.54) is 38.3 Å². The molecule has 0 unspecified atom stereocenters. The van der Waals surface area contributed by atoms with Gasteiger partial charge in [0.25, 0.3) is 0 Å². The number of Topliss-reactive ketones (excluding diaryl/α,β-unsaturated/α-hetero) is 1. The molecule has 2 heterocycles. The number of aromatic hydroxyl groups is 3. The van der Waals surface area contributed by atoms with Crippen molar-refractivity contribution in [2.24, 2.45) is 0 Å². The number of phenols is 2. The summed E-state index contributed by atoms with van der Waals surface area (Å²) in [5, 5.41) is 33.1. The Bertz CT molecular complexity index is 1340. The average Bonchev–Trinajstić information content (AvgIpc) is 3.25. The van der Waals surface area contributed by atoms with Crippen molar-refractivity contribution in [1.29, 1.82) is 0 Å². The van der Waals surface area contributed by atoms with E-state index < -0.39 is 47.5 Å². The number of esters is 1. The van der Waals surface area contributed by atoms with Crippen LogP contribution < -0.4 is 0 Å². The molecule has 9 heteroatoms. The first kappa shape index (κ1) is 24.2. The maximum absolute atomic E-state index is 14.9.